The third kappa shape index (κ3) is 4.29. The average molecular weight is 364 g/mol. The van der Waals surface area contributed by atoms with Crippen molar-refractivity contribution in [3.8, 4) is 0 Å². The molecule has 3 nitrogen and oxygen atoms in total. The van der Waals surface area contributed by atoms with E-state index < -0.39 is 0 Å². The monoisotopic (exact) mass is 363 g/mol. The Hall–Kier alpha value is -1.55. The number of benzene rings is 2. The van der Waals surface area contributed by atoms with Gasteiger partial charge in [-0.3, -0.25) is 4.79 Å². The van der Waals surface area contributed by atoms with Crippen molar-refractivity contribution >= 4 is 29.1 Å². The van der Waals surface area contributed by atoms with Gasteiger partial charge in [-0.1, -0.05) is 59.6 Å². The normalized spacial score (nSPS) is 20.6. The van der Waals surface area contributed by atoms with Crippen LogP contribution in [0.2, 0.25) is 10.0 Å². The summed E-state index contributed by atoms with van der Waals surface area (Å²) in [5.41, 5.74) is 1.73. The van der Waals surface area contributed by atoms with E-state index in [-0.39, 0.29) is 11.9 Å². The van der Waals surface area contributed by atoms with Crippen LogP contribution in [0.15, 0.2) is 48.5 Å². The fourth-order valence-corrected chi connectivity index (χ4v) is 3.77. The van der Waals surface area contributed by atoms with Crippen LogP contribution in [0.5, 0.6) is 0 Å². The Balaban J connectivity index is 1.53. The molecule has 0 atom stereocenters. The van der Waals surface area contributed by atoms with Gasteiger partial charge in [-0.25, -0.2) is 0 Å². The fraction of sp³-hybridized carbons (Fsp3) is 0.316. The van der Waals surface area contributed by atoms with E-state index in [1.165, 1.54) is 5.56 Å². The number of rotatable bonds is 4. The molecule has 0 aromatic heterocycles. The molecular formula is C19H21Cl2N2O+. The molecule has 0 spiro atoms. The van der Waals surface area contributed by atoms with Crippen LogP contribution in [-0.2, 0) is 6.54 Å². The molecule has 2 aromatic carbocycles. The summed E-state index contributed by atoms with van der Waals surface area (Å²) in [4.78, 5) is 14.0. The summed E-state index contributed by atoms with van der Waals surface area (Å²) < 4.78 is 0. The Bertz CT molecular complexity index is 678. The van der Waals surface area contributed by atoms with Gasteiger partial charge < -0.3 is 10.2 Å². The lowest BCUT2D eigenvalue weighted by Crippen LogP contribution is -3.12. The van der Waals surface area contributed by atoms with E-state index >= 15 is 0 Å². The number of piperidine rings is 1. The molecule has 24 heavy (non-hydrogen) atoms. The van der Waals surface area contributed by atoms with Gasteiger partial charge >= 0.3 is 0 Å². The van der Waals surface area contributed by atoms with E-state index in [9.17, 15) is 4.79 Å². The lowest BCUT2D eigenvalue weighted by molar-refractivity contribution is -0.918. The van der Waals surface area contributed by atoms with Gasteiger partial charge in [-0.05, 0) is 12.1 Å². The minimum atomic E-state index is -0.179. The molecule has 0 bridgehead atoms. The maximum Gasteiger partial charge on any atom is 0.254 e. The predicted molar refractivity (Wildman–Crippen MR) is 97.8 cm³/mol. The van der Waals surface area contributed by atoms with Gasteiger partial charge in [0.05, 0.1) is 28.7 Å². The molecule has 2 N–H and O–H groups in total. The van der Waals surface area contributed by atoms with E-state index in [0.717, 1.165) is 32.5 Å². The van der Waals surface area contributed by atoms with Crippen molar-refractivity contribution in [3.63, 3.8) is 0 Å². The molecule has 0 radical (unpaired) electrons. The van der Waals surface area contributed by atoms with Crippen LogP contribution in [0.1, 0.15) is 28.8 Å². The molecule has 1 fully saturated rings. The van der Waals surface area contributed by atoms with Crippen molar-refractivity contribution in [2.75, 3.05) is 13.1 Å². The molecule has 5 heteroatoms. The maximum absolute atomic E-state index is 12.4. The largest absolute Gasteiger partial charge is 0.349 e. The minimum Gasteiger partial charge on any atom is -0.349 e. The van der Waals surface area contributed by atoms with E-state index in [0.29, 0.717) is 15.6 Å². The Morgan fingerprint density at radius 2 is 1.62 bits per heavy atom. The number of hydrogen-bond acceptors (Lipinski definition) is 1. The van der Waals surface area contributed by atoms with Crippen molar-refractivity contribution in [3.05, 3.63) is 69.7 Å². The topological polar surface area (TPSA) is 33.5 Å². The molecular weight excluding hydrogens is 343 g/mol. The van der Waals surface area contributed by atoms with Crippen LogP contribution in [0.25, 0.3) is 0 Å². The third-order valence-electron chi connectivity index (χ3n) is 4.51. The molecule has 0 aliphatic carbocycles. The highest BCUT2D eigenvalue weighted by Crippen LogP contribution is 2.24. The van der Waals surface area contributed by atoms with Gasteiger partial charge in [0.1, 0.15) is 6.54 Å². The van der Waals surface area contributed by atoms with Crippen LogP contribution in [0.4, 0.5) is 0 Å². The molecule has 1 aliphatic heterocycles. The van der Waals surface area contributed by atoms with Crippen molar-refractivity contribution in [2.45, 2.75) is 25.4 Å². The van der Waals surface area contributed by atoms with Gasteiger partial charge in [0.15, 0.2) is 0 Å². The highest BCUT2D eigenvalue weighted by Gasteiger charge is 2.25. The van der Waals surface area contributed by atoms with Crippen molar-refractivity contribution < 1.29 is 9.69 Å². The lowest BCUT2D eigenvalue weighted by Gasteiger charge is -2.30. The number of likely N-dealkylation sites (tertiary alicyclic amines) is 1. The highest BCUT2D eigenvalue weighted by molar-refractivity contribution is 6.39. The first-order valence-corrected chi connectivity index (χ1v) is 9.01. The summed E-state index contributed by atoms with van der Waals surface area (Å²) in [5.74, 6) is -0.179. The molecule has 2 aromatic rings. The summed E-state index contributed by atoms with van der Waals surface area (Å²) in [5, 5.41) is 3.87. The van der Waals surface area contributed by atoms with Crippen molar-refractivity contribution in [1.29, 1.82) is 0 Å². The number of carbonyl (C=O) groups excluding carboxylic acids is 1. The van der Waals surface area contributed by atoms with Crippen molar-refractivity contribution in [2.24, 2.45) is 0 Å². The number of amides is 1. The molecule has 0 saturated carbocycles. The number of quaternary nitrogens is 1. The molecule has 1 saturated heterocycles. The first-order valence-electron chi connectivity index (χ1n) is 8.26. The number of nitrogens with one attached hydrogen (secondary N) is 2. The van der Waals surface area contributed by atoms with Crippen LogP contribution >= 0.6 is 23.2 Å². The summed E-state index contributed by atoms with van der Waals surface area (Å²) >= 11 is 12.2. The number of halogens is 2. The Kier molecular flexibility index (Phi) is 5.77. The van der Waals surface area contributed by atoms with Gasteiger partial charge in [0, 0.05) is 24.4 Å². The summed E-state index contributed by atoms with van der Waals surface area (Å²) in [6.07, 6.45) is 1.94. The standard InChI is InChI=1S/C19H20Cl2N2O/c20-16-7-4-8-17(21)18(16)19(24)22-15-9-11-23(12-10-15)13-14-5-2-1-3-6-14/h1-8,15H,9-13H2,(H,22,24)/p+1. The molecule has 3 rings (SSSR count). The zero-order valence-corrected chi connectivity index (χ0v) is 14.9. The molecule has 1 heterocycles. The molecule has 126 valence electrons. The Labute approximate surface area is 152 Å². The highest BCUT2D eigenvalue weighted by atomic mass is 35.5. The van der Waals surface area contributed by atoms with Crippen LogP contribution in [0, 0.1) is 0 Å². The van der Waals surface area contributed by atoms with Crippen LogP contribution < -0.4 is 10.2 Å². The smallest absolute Gasteiger partial charge is 0.254 e. The predicted octanol–water partition coefficient (Wildman–Crippen LogP) is 2.97. The van der Waals surface area contributed by atoms with E-state index in [2.05, 4.69) is 29.6 Å². The van der Waals surface area contributed by atoms with Gasteiger partial charge in [-0.2, -0.15) is 0 Å². The van der Waals surface area contributed by atoms with Gasteiger partial charge in [-0.15, -0.1) is 0 Å². The number of hydrogen-bond donors (Lipinski definition) is 2. The summed E-state index contributed by atoms with van der Waals surface area (Å²) in [6.45, 7) is 3.14. The zero-order valence-electron chi connectivity index (χ0n) is 13.4. The van der Waals surface area contributed by atoms with E-state index in [1.807, 2.05) is 6.07 Å². The summed E-state index contributed by atoms with van der Waals surface area (Å²) in [7, 11) is 0. The minimum absolute atomic E-state index is 0.179. The third-order valence-corrected chi connectivity index (χ3v) is 5.14. The summed E-state index contributed by atoms with van der Waals surface area (Å²) in [6, 6.07) is 15.8. The first kappa shape index (κ1) is 17.3. The first-order chi connectivity index (χ1) is 11.6. The van der Waals surface area contributed by atoms with E-state index in [4.69, 9.17) is 23.2 Å². The quantitative estimate of drug-likeness (QED) is 0.859. The van der Waals surface area contributed by atoms with Gasteiger partial charge in [0.25, 0.3) is 5.91 Å². The number of carbonyl (C=O) groups is 1. The molecule has 1 aliphatic rings. The Morgan fingerprint density at radius 1 is 1.00 bits per heavy atom. The zero-order chi connectivity index (χ0) is 16.9. The maximum atomic E-state index is 12.4. The Morgan fingerprint density at radius 3 is 2.25 bits per heavy atom. The fourth-order valence-electron chi connectivity index (χ4n) is 3.20. The second-order valence-corrected chi connectivity index (χ2v) is 7.07. The van der Waals surface area contributed by atoms with Crippen LogP contribution in [-0.4, -0.2) is 25.0 Å². The van der Waals surface area contributed by atoms with Crippen molar-refractivity contribution in [1.82, 2.24) is 5.32 Å². The molecule has 0 unspecified atom stereocenters. The lowest BCUT2D eigenvalue weighted by atomic mass is 10.0. The molecule has 1 amide bonds. The second kappa shape index (κ2) is 8.02. The van der Waals surface area contributed by atoms with Crippen LogP contribution in [0.3, 0.4) is 0 Å². The average Bonchev–Trinajstić information content (AvgIpc) is 2.57. The van der Waals surface area contributed by atoms with Gasteiger partial charge in [0.2, 0.25) is 0 Å². The SMILES string of the molecule is O=C(NC1CC[NH+](Cc2ccccc2)CC1)c1c(Cl)cccc1Cl. The van der Waals surface area contributed by atoms with E-state index in [1.54, 1.807) is 23.1 Å². The second-order valence-electron chi connectivity index (χ2n) is 6.26.